The summed E-state index contributed by atoms with van der Waals surface area (Å²) in [6, 6.07) is 9.90. The zero-order chi connectivity index (χ0) is 21.8. The Morgan fingerprint density at radius 1 is 0.966 bits per heavy atom. The number of rotatable bonds is 7. The molecule has 2 N–H and O–H groups in total. The van der Waals surface area contributed by atoms with E-state index >= 15 is 0 Å². The molecule has 156 valence electrons. The molecule has 2 rings (SSSR count). The Labute approximate surface area is 179 Å². The fraction of sp³-hybridized carbons (Fsp3) is 0.263. The molecular weight excluding hydrogens is 439 g/mol. The Hall–Kier alpha value is -2.13. The first-order valence-electron chi connectivity index (χ1n) is 8.59. The Morgan fingerprint density at radius 3 is 2.03 bits per heavy atom. The maximum atomic E-state index is 12.3. The van der Waals surface area contributed by atoms with Crippen molar-refractivity contribution in [3.05, 3.63) is 58.1 Å². The summed E-state index contributed by atoms with van der Waals surface area (Å²) in [6.45, 7) is 4.82. The van der Waals surface area contributed by atoms with Gasteiger partial charge in [-0.1, -0.05) is 29.3 Å². The van der Waals surface area contributed by atoms with E-state index in [1.807, 2.05) is 0 Å². The number of sulfonamides is 1. The summed E-state index contributed by atoms with van der Waals surface area (Å²) in [5.41, 5.74) is 0.319. The molecule has 0 saturated heterocycles. The van der Waals surface area contributed by atoms with Crippen LogP contribution in [-0.2, 0) is 19.6 Å². The van der Waals surface area contributed by atoms with Crippen LogP contribution in [-0.4, -0.2) is 32.4 Å². The number of carbonyl (C=O) groups is 2. The largest absolute Gasteiger partial charge is 0.449 e. The summed E-state index contributed by atoms with van der Waals surface area (Å²) >= 11 is 11.9. The normalized spacial score (nSPS) is 12.5. The number of amides is 1. The second-order valence-corrected chi connectivity index (χ2v) is 8.96. The van der Waals surface area contributed by atoms with Crippen molar-refractivity contribution in [1.82, 2.24) is 4.72 Å². The van der Waals surface area contributed by atoms with Gasteiger partial charge >= 0.3 is 5.97 Å². The first-order valence-corrected chi connectivity index (χ1v) is 10.8. The molecule has 0 fully saturated rings. The summed E-state index contributed by atoms with van der Waals surface area (Å²) in [6.07, 6.45) is -1.14. The molecule has 1 amide bonds. The van der Waals surface area contributed by atoms with Crippen LogP contribution in [0, 0.1) is 0 Å². The van der Waals surface area contributed by atoms with Crippen LogP contribution in [0.25, 0.3) is 0 Å². The van der Waals surface area contributed by atoms with Crippen LogP contribution in [0.15, 0.2) is 47.4 Å². The molecule has 0 spiro atoms. The molecule has 1 atom stereocenters. The molecule has 7 nitrogen and oxygen atoms in total. The van der Waals surface area contributed by atoms with E-state index in [1.165, 1.54) is 43.3 Å². The summed E-state index contributed by atoms with van der Waals surface area (Å²) < 4.78 is 31.8. The number of halogens is 2. The third-order valence-corrected chi connectivity index (χ3v) is 5.95. The third kappa shape index (κ3) is 6.17. The first-order chi connectivity index (χ1) is 13.5. The van der Waals surface area contributed by atoms with Crippen LogP contribution in [0.4, 0.5) is 5.69 Å². The number of benzene rings is 2. The molecule has 1 unspecified atom stereocenters. The standard InChI is InChI=1S/C19H20Cl2N2O5S/c1-11(2)23-29(26,27)14-9-7-13(8-10-14)22-18(24)12(3)28-19(25)17-15(20)5-4-6-16(17)21/h4-12,23H,1-3H3,(H,22,24). The lowest BCUT2D eigenvalue weighted by Crippen LogP contribution is -2.31. The highest BCUT2D eigenvalue weighted by Gasteiger charge is 2.23. The van der Waals surface area contributed by atoms with Crippen molar-refractivity contribution >= 4 is 50.8 Å². The van der Waals surface area contributed by atoms with Crippen molar-refractivity contribution in [3.8, 4) is 0 Å². The van der Waals surface area contributed by atoms with E-state index in [4.69, 9.17) is 27.9 Å². The highest BCUT2D eigenvalue weighted by Crippen LogP contribution is 2.25. The molecule has 0 aliphatic carbocycles. The number of hydrogen-bond donors (Lipinski definition) is 2. The molecule has 29 heavy (non-hydrogen) atoms. The van der Waals surface area contributed by atoms with E-state index < -0.39 is 28.0 Å². The number of esters is 1. The minimum Gasteiger partial charge on any atom is -0.449 e. The topological polar surface area (TPSA) is 102 Å². The first kappa shape index (κ1) is 23.2. The molecule has 10 heteroatoms. The fourth-order valence-corrected chi connectivity index (χ4v) is 4.11. The average Bonchev–Trinajstić information content (AvgIpc) is 2.60. The van der Waals surface area contributed by atoms with Crippen LogP contribution >= 0.6 is 23.2 Å². The van der Waals surface area contributed by atoms with Crippen molar-refractivity contribution in [3.63, 3.8) is 0 Å². The molecule has 0 saturated carbocycles. The van der Waals surface area contributed by atoms with Crippen molar-refractivity contribution in [1.29, 1.82) is 0 Å². The van der Waals surface area contributed by atoms with Crippen LogP contribution in [0.3, 0.4) is 0 Å². The van der Waals surface area contributed by atoms with E-state index in [1.54, 1.807) is 19.9 Å². The van der Waals surface area contributed by atoms with E-state index in [0.29, 0.717) is 5.69 Å². The van der Waals surface area contributed by atoms with Gasteiger partial charge in [-0.3, -0.25) is 4.79 Å². The molecule has 0 heterocycles. The Morgan fingerprint density at radius 2 is 1.52 bits per heavy atom. The molecular formula is C19H20Cl2N2O5S. The summed E-state index contributed by atoms with van der Waals surface area (Å²) in [7, 11) is -3.63. The fourth-order valence-electron chi connectivity index (χ4n) is 2.31. The van der Waals surface area contributed by atoms with Crippen molar-refractivity contribution in [2.24, 2.45) is 0 Å². The van der Waals surface area contributed by atoms with Crippen molar-refractivity contribution in [2.45, 2.75) is 37.8 Å². The molecule has 2 aromatic rings. The lowest BCUT2D eigenvalue weighted by Gasteiger charge is -2.15. The van der Waals surface area contributed by atoms with Crippen molar-refractivity contribution in [2.75, 3.05) is 5.32 Å². The SMILES string of the molecule is CC(C)NS(=O)(=O)c1ccc(NC(=O)C(C)OC(=O)c2c(Cl)cccc2Cl)cc1. The maximum absolute atomic E-state index is 12.3. The van der Waals surface area contributed by atoms with Crippen LogP contribution < -0.4 is 10.0 Å². The Bertz CT molecular complexity index is 988. The average molecular weight is 459 g/mol. The van der Waals surface area contributed by atoms with Crippen LogP contribution in [0.1, 0.15) is 31.1 Å². The summed E-state index contributed by atoms with van der Waals surface area (Å²) in [5, 5.41) is 2.78. The molecule has 0 aliphatic heterocycles. The number of ether oxygens (including phenoxy) is 1. The summed E-state index contributed by atoms with van der Waals surface area (Å²) in [5.74, 6) is -1.43. The quantitative estimate of drug-likeness (QED) is 0.613. The van der Waals surface area contributed by atoms with E-state index in [-0.39, 0.29) is 26.5 Å². The molecule has 0 bridgehead atoms. The van der Waals surface area contributed by atoms with Gasteiger partial charge in [0.25, 0.3) is 5.91 Å². The minimum absolute atomic E-state index is 0.0253. The van der Waals surface area contributed by atoms with E-state index in [9.17, 15) is 18.0 Å². The number of carbonyl (C=O) groups excluding carboxylic acids is 2. The number of hydrogen-bond acceptors (Lipinski definition) is 5. The number of nitrogens with one attached hydrogen (secondary N) is 2. The highest BCUT2D eigenvalue weighted by molar-refractivity contribution is 7.89. The lowest BCUT2D eigenvalue weighted by molar-refractivity contribution is -0.123. The lowest BCUT2D eigenvalue weighted by atomic mass is 10.2. The highest BCUT2D eigenvalue weighted by atomic mass is 35.5. The van der Waals surface area contributed by atoms with Crippen molar-refractivity contribution < 1.29 is 22.7 Å². The zero-order valence-electron chi connectivity index (χ0n) is 15.9. The summed E-state index contributed by atoms with van der Waals surface area (Å²) in [4.78, 5) is 24.6. The van der Waals surface area contributed by atoms with Crippen LogP contribution in [0.2, 0.25) is 10.0 Å². The minimum atomic E-state index is -3.63. The number of anilines is 1. The van der Waals surface area contributed by atoms with Gasteiger partial charge in [0.2, 0.25) is 10.0 Å². The zero-order valence-corrected chi connectivity index (χ0v) is 18.2. The maximum Gasteiger partial charge on any atom is 0.341 e. The Balaban J connectivity index is 2.03. The molecule has 2 aromatic carbocycles. The van der Waals surface area contributed by atoms with Gasteiger partial charge in [0.1, 0.15) is 0 Å². The molecule has 0 aliphatic rings. The van der Waals surface area contributed by atoms with Gasteiger partial charge in [0.05, 0.1) is 20.5 Å². The predicted octanol–water partition coefficient (Wildman–Crippen LogP) is 3.86. The van der Waals surface area contributed by atoms with E-state index in [2.05, 4.69) is 10.0 Å². The molecule has 0 radical (unpaired) electrons. The van der Waals surface area contributed by atoms with Gasteiger partial charge in [-0.05, 0) is 57.2 Å². The second kappa shape index (κ2) is 9.58. The van der Waals surface area contributed by atoms with Gasteiger partial charge in [0, 0.05) is 11.7 Å². The van der Waals surface area contributed by atoms with Gasteiger partial charge in [-0.25, -0.2) is 17.9 Å². The Kier molecular flexibility index (Phi) is 7.65. The van der Waals surface area contributed by atoms with Crippen LogP contribution in [0.5, 0.6) is 0 Å². The van der Waals surface area contributed by atoms with Gasteiger partial charge < -0.3 is 10.1 Å². The second-order valence-electron chi connectivity index (χ2n) is 6.43. The predicted molar refractivity (Wildman–Crippen MR) is 112 cm³/mol. The smallest absolute Gasteiger partial charge is 0.341 e. The van der Waals surface area contributed by atoms with E-state index in [0.717, 1.165) is 0 Å². The van der Waals surface area contributed by atoms with Gasteiger partial charge in [0.15, 0.2) is 6.10 Å². The molecule has 0 aromatic heterocycles. The third-order valence-electron chi connectivity index (χ3n) is 3.64. The monoisotopic (exact) mass is 458 g/mol. The van der Waals surface area contributed by atoms with Gasteiger partial charge in [-0.15, -0.1) is 0 Å². The van der Waals surface area contributed by atoms with Gasteiger partial charge in [-0.2, -0.15) is 0 Å².